The molecule has 0 aliphatic carbocycles. The van der Waals surface area contributed by atoms with E-state index in [0.717, 1.165) is 5.75 Å². The third-order valence-corrected chi connectivity index (χ3v) is 2.15. The second kappa shape index (κ2) is 5.75. The van der Waals surface area contributed by atoms with Crippen molar-refractivity contribution in [1.82, 2.24) is 4.98 Å². The van der Waals surface area contributed by atoms with Crippen LogP contribution in [0.2, 0.25) is 0 Å². The maximum absolute atomic E-state index is 5.64. The van der Waals surface area contributed by atoms with Crippen LogP contribution in [0, 0.1) is 0 Å². The van der Waals surface area contributed by atoms with Gasteiger partial charge in [0.2, 0.25) is 0 Å². The van der Waals surface area contributed by atoms with E-state index >= 15 is 0 Å². The number of hydrogen-bond donors (Lipinski definition) is 1. The molecular formula is C13H14N2O2. The van der Waals surface area contributed by atoms with Gasteiger partial charge in [0.05, 0.1) is 0 Å². The van der Waals surface area contributed by atoms with Crippen molar-refractivity contribution in [3.8, 4) is 11.5 Å². The normalized spacial score (nSPS) is 9.88. The Morgan fingerprint density at radius 2 is 1.71 bits per heavy atom. The molecule has 0 radical (unpaired) electrons. The first-order valence-corrected chi connectivity index (χ1v) is 5.37. The van der Waals surface area contributed by atoms with Crippen LogP contribution >= 0.6 is 0 Å². The zero-order valence-corrected chi connectivity index (χ0v) is 9.37. The smallest absolute Gasteiger partial charge is 0.166 e. The highest BCUT2D eigenvalue weighted by Gasteiger charge is 1.99. The second-order valence-corrected chi connectivity index (χ2v) is 3.40. The highest BCUT2D eigenvalue weighted by Crippen LogP contribution is 2.16. The summed E-state index contributed by atoms with van der Waals surface area (Å²) in [5.41, 5.74) is 5.64. The van der Waals surface area contributed by atoms with Gasteiger partial charge in [0.15, 0.2) is 11.6 Å². The van der Waals surface area contributed by atoms with Gasteiger partial charge in [0, 0.05) is 6.20 Å². The van der Waals surface area contributed by atoms with E-state index < -0.39 is 0 Å². The number of rotatable bonds is 5. The number of para-hydroxylation sites is 1. The van der Waals surface area contributed by atoms with Crippen molar-refractivity contribution < 1.29 is 9.47 Å². The topological polar surface area (TPSA) is 57.4 Å². The first kappa shape index (κ1) is 11.3. The summed E-state index contributed by atoms with van der Waals surface area (Å²) >= 11 is 0. The number of pyridine rings is 1. The van der Waals surface area contributed by atoms with Gasteiger partial charge in [-0.3, -0.25) is 0 Å². The van der Waals surface area contributed by atoms with E-state index in [-0.39, 0.29) is 0 Å². The lowest BCUT2D eigenvalue weighted by atomic mass is 10.3. The van der Waals surface area contributed by atoms with Crippen LogP contribution in [0.1, 0.15) is 0 Å². The second-order valence-electron chi connectivity index (χ2n) is 3.40. The fraction of sp³-hybridized carbons (Fsp3) is 0.154. The van der Waals surface area contributed by atoms with Gasteiger partial charge < -0.3 is 15.2 Å². The van der Waals surface area contributed by atoms with Gasteiger partial charge in [-0.15, -0.1) is 0 Å². The number of nitrogens with two attached hydrogens (primary N) is 1. The molecule has 4 heteroatoms. The third kappa shape index (κ3) is 3.38. The molecule has 17 heavy (non-hydrogen) atoms. The zero-order valence-electron chi connectivity index (χ0n) is 9.37. The lowest BCUT2D eigenvalue weighted by Gasteiger charge is -2.09. The van der Waals surface area contributed by atoms with Gasteiger partial charge in [-0.05, 0) is 24.3 Å². The molecule has 0 saturated carbocycles. The molecule has 1 heterocycles. The molecule has 2 aromatic rings. The lowest BCUT2D eigenvalue weighted by molar-refractivity contribution is 0.217. The number of anilines is 1. The Balaban J connectivity index is 1.76. The molecule has 0 saturated heterocycles. The molecule has 88 valence electrons. The molecule has 1 aromatic heterocycles. The molecule has 0 spiro atoms. The molecule has 2 rings (SSSR count). The van der Waals surface area contributed by atoms with Crippen LogP contribution in [0.4, 0.5) is 5.82 Å². The molecule has 1 aromatic carbocycles. The summed E-state index contributed by atoms with van der Waals surface area (Å²) in [6.45, 7) is 0.906. The van der Waals surface area contributed by atoms with Crippen molar-refractivity contribution in [2.24, 2.45) is 0 Å². The predicted octanol–water partition coefficient (Wildman–Crippen LogP) is 2.12. The van der Waals surface area contributed by atoms with Crippen LogP contribution in [0.3, 0.4) is 0 Å². The Bertz CT molecular complexity index is 460. The number of ether oxygens (including phenoxy) is 2. The van der Waals surface area contributed by atoms with Crippen LogP contribution in [0.25, 0.3) is 0 Å². The molecule has 2 N–H and O–H groups in total. The predicted molar refractivity (Wildman–Crippen MR) is 66.1 cm³/mol. The molecule has 0 fully saturated rings. The van der Waals surface area contributed by atoms with Crippen molar-refractivity contribution in [3.63, 3.8) is 0 Å². The monoisotopic (exact) mass is 230 g/mol. The van der Waals surface area contributed by atoms with Crippen molar-refractivity contribution in [1.29, 1.82) is 0 Å². The van der Waals surface area contributed by atoms with E-state index in [4.69, 9.17) is 15.2 Å². The number of benzene rings is 1. The number of aromatic nitrogens is 1. The third-order valence-electron chi connectivity index (χ3n) is 2.15. The van der Waals surface area contributed by atoms with Crippen molar-refractivity contribution in [3.05, 3.63) is 48.7 Å². The van der Waals surface area contributed by atoms with E-state index in [0.29, 0.717) is 24.8 Å². The van der Waals surface area contributed by atoms with Gasteiger partial charge in [-0.25, -0.2) is 4.98 Å². The Morgan fingerprint density at radius 3 is 2.47 bits per heavy atom. The van der Waals surface area contributed by atoms with E-state index in [1.165, 1.54) is 0 Å². The van der Waals surface area contributed by atoms with Gasteiger partial charge in [-0.2, -0.15) is 0 Å². The van der Waals surface area contributed by atoms with Crippen molar-refractivity contribution >= 4 is 5.82 Å². The Labute approximate surface area is 100 Å². The number of nitrogen functional groups attached to an aromatic ring is 1. The standard InChI is InChI=1S/C13H14N2O2/c14-13-12(7-4-8-15-13)17-10-9-16-11-5-2-1-3-6-11/h1-8H,9-10H2,(H2,14,15). The highest BCUT2D eigenvalue weighted by atomic mass is 16.5. The fourth-order valence-electron chi connectivity index (χ4n) is 1.35. The summed E-state index contributed by atoms with van der Waals surface area (Å²) in [4.78, 5) is 3.93. The molecule has 0 bridgehead atoms. The molecule has 0 unspecified atom stereocenters. The van der Waals surface area contributed by atoms with Crippen LogP contribution in [-0.4, -0.2) is 18.2 Å². The summed E-state index contributed by atoms with van der Waals surface area (Å²) in [6, 6.07) is 13.2. The highest BCUT2D eigenvalue weighted by molar-refractivity contribution is 5.44. The van der Waals surface area contributed by atoms with E-state index in [2.05, 4.69) is 4.98 Å². The van der Waals surface area contributed by atoms with Crippen LogP contribution in [-0.2, 0) is 0 Å². The maximum atomic E-state index is 5.64. The average Bonchev–Trinajstić information content (AvgIpc) is 2.38. The number of nitrogens with zero attached hydrogens (tertiary/aromatic N) is 1. The molecule has 0 aliphatic heterocycles. The lowest BCUT2D eigenvalue weighted by Crippen LogP contribution is -2.10. The molecular weight excluding hydrogens is 216 g/mol. The summed E-state index contributed by atoms with van der Waals surface area (Å²) < 4.78 is 10.9. The SMILES string of the molecule is Nc1ncccc1OCCOc1ccccc1. The summed E-state index contributed by atoms with van der Waals surface area (Å²) in [5, 5.41) is 0. The zero-order chi connectivity index (χ0) is 11.9. The summed E-state index contributed by atoms with van der Waals surface area (Å²) in [6.07, 6.45) is 1.63. The van der Waals surface area contributed by atoms with Crippen LogP contribution in [0.5, 0.6) is 11.5 Å². The van der Waals surface area contributed by atoms with Crippen LogP contribution < -0.4 is 15.2 Å². The Hall–Kier alpha value is -2.23. The Kier molecular flexibility index (Phi) is 3.81. The minimum atomic E-state index is 0.396. The van der Waals surface area contributed by atoms with Gasteiger partial charge in [0.25, 0.3) is 0 Å². The van der Waals surface area contributed by atoms with E-state index in [1.807, 2.05) is 30.3 Å². The minimum Gasteiger partial charge on any atom is -0.490 e. The van der Waals surface area contributed by atoms with Gasteiger partial charge in [0.1, 0.15) is 19.0 Å². The van der Waals surface area contributed by atoms with Gasteiger partial charge in [-0.1, -0.05) is 18.2 Å². The molecule has 0 aliphatic rings. The molecule has 4 nitrogen and oxygen atoms in total. The maximum Gasteiger partial charge on any atom is 0.166 e. The van der Waals surface area contributed by atoms with E-state index in [1.54, 1.807) is 18.3 Å². The molecule has 0 atom stereocenters. The first-order valence-electron chi connectivity index (χ1n) is 5.37. The van der Waals surface area contributed by atoms with Crippen molar-refractivity contribution in [2.45, 2.75) is 0 Å². The van der Waals surface area contributed by atoms with E-state index in [9.17, 15) is 0 Å². The first-order chi connectivity index (χ1) is 8.36. The molecule has 0 amide bonds. The number of hydrogen-bond acceptors (Lipinski definition) is 4. The van der Waals surface area contributed by atoms with Crippen LogP contribution in [0.15, 0.2) is 48.7 Å². The summed E-state index contributed by atoms with van der Waals surface area (Å²) in [7, 11) is 0. The average molecular weight is 230 g/mol. The Morgan fingerprint density at radius 1 is 0.941 bits per heavy atom. The fourth-order valence-corrected chi connectivity index (χ4v) is 1.35. The minimum absolute atomic E-state index is 0.396. The summed E-state index contributed by atoms with van der Waals surface area (Å²) in [5.74, 6) is 1.81. The van der Waals surface area contributed by atoms with Crippen molar-refractivity contribution in [2.75, 3.05) is 18.9 Å². The quantitative estimate of drug-likeness (QED) is 0.799. The largest absolute Gasteiger partial charge is 0.490 e. The van der Waals surface area contributed by atoms with Gasteiger partial charge >= 0.3 is 0 Å².